The SMILES string of the molecule is NCCC(O)c1cc(Br)cs1. The third-order valence-electron chi connectivity index (χ3n) is 1.36. The van der Waals surface area contributed by atoms with Gasteiger partial charge in [0.15, 0.2) is 0 Å². The lowest BCUT2D eigenvalue weighted by molar-refractivity contribution is 0.174. The second-order valence-electron chi connectivity index (χ2n) is 2.26. The van der Waals surface area contributed by atoms with Crippen molar-refractivity contribution in [3.63, 3.8) is 0 Å². The summed E-state index contributed by atoms with van der Waals surface area (Å²) in [5.74, 6) is 0. The highest BCUT2D eigenvalue weighted by Gasteiger charge is 2.07. The van der Waals surface area contributed by atoms with E-state index in [4.69, 9.17) is 5.73 Å². The van der Waals surface area contributed by atoms with Gasteiger partial charge < -0.3 is 10.8 Å². The van der Waals surface area contributed by atoms with Crippen molar-refractivity contribution in [3.8, 4) is 0 Å². The van der Waals surface area contributed by atoms with E-state index in [0.717, 1.165) is 9.35 Å². The smallest absolute Gasteiger partial charge is 0.0894 e. The van der Waals surface area contributed by atoms with Crippen molar-refractivity contribution in [2.75, 3.05) is 6.54 Å². The average Bonchev–Trinajstić information content (AvgIpc) is 2.36. The number of rotatable bonds is 3. The summed E-state index contributed by atoms with van der Waals surface area (Å²) in [6, 6.07) is 1.92. The first kappa shape index (κ1) is 9.19. The number of aliphatic hydroxyl groups excluding tert-OH is 1. The molecule has 2 nitrogen and oxygen atoms in total. The first-order valence-corrected chi connectivity index (χ1v) is 5.03. The molecule has 0 saturated heterocycles. The summed E-state index contributed by atoms with van der Waals surface area (Å²) in [6.45, 7) is 0.524. The Kier molecular flexibility index (Phi) is 3.51. The van der Waals surface area contributed by atoms with Crippen molar-refractivity contribution < 1.29 is 5.11 Å². The largest absolute Gasteiger partial charge is 0.388 e. The Morgan fingerprint density at radius 3 is 2.91 bits per heavy atom. The van der Waals surface area contributed by atoms with Gasteiger partial charge in [-0.05, 0) is 35.0 Å². The van der Waals surface area contributed by atoms with Crippen molar-refractivity contribution >= 4 is 27.3 Å². The summed E-state index contributed by atoms with van der Waals surface area (Å²) < 4.78 is 1.02. The zero-order chi connectivity index (χ0) is 8.27. The molecule has 1 rings (SSSR count). The van der Waals surface area contributed by atoms with Crippen LogP contribution in [0.5, 0.6) is 0 Å². The number of hydrogen-bond donors (Lipinski definition) is 2. The molecule has 0 aliphatic carbocycles. The molecule has 0 amide bonds. The molecule has 0 aliphatic heterocycles. The Bertz CT molecular complexity index is 226. The summed E-state index contributed by atoms with van der Waals surface area (Å²) in [7, 11) is 0. The maximum absolute atomic E-state index is 9.44. The van der Waals surface area contributed by atoms with Gasteiger partial charge in [0.25, 0.3) is 0 Å². The van der Waals surface area contributed by atoms with Crippen molar-refractivity contribution in [1.82, 2.24) is 0 Å². The highest BCUT2D eigenvalue weighted by molar-refractivity contribution is 9.10. The predicted octanol–water partition coefficient (Wildman–Crippen LogP) is 1.89. The molecule has 0 aromatic carbocycles. The fourth-order valence-electron chi connectivity index (χ4n) is 0.803. The van der Waals surface area contributed by atoms with Crippen LogP contribution in [-0.4, -0.2) is 11.7 Å². The lowest BCUT2D eigenvalue weighted by Gasteiger charge is -2.04. The van der Waals surface area contributed by atoms with Crippen LogP contribution in [0.1, 0.15) is 17.4 Å². The van der Waals surface area contributed by atoms with E-state index in [2.05, 4.69) is 15.9 Å². The van der Waals surface area contributed by atoms with Gasteiger partial charge in [-0.25, -0.2) is 0 Å². The minimum absolute atomic E-state index is 0.392. The van der Waals surface area contributed by atoms with E-state index in [0.29, 0.717) is 13.0 Å². The Morgan fingerprint density at radius 1 is 1.73 bits per heavy atom. The van der Waals surface area contributed by atoms with Gasteiger partial charge in [0, 0.05) is 14.7 Å². The van der Waals surface area contributed by atoms with Crippen LogP contribution in [-0.2, 0) is 0 Å². The van der Waals surface area contributed by atoms with Gasteiger partial charge in [0.2, 0.25) is 0 Å². The molecule has 0 radical (unpaired) electrons. The maximum atomic E-state index is 9.44. The fourth-order valence-corrected chi connectivity index (χ4v) is 2.27. The van der Waals surface area contributed by atoms with Crippen molar-refractivity contribution in [2.24, 2.45) is 5.73 Å². The molecule has 1 aromatic rings. The van der Waals surface area contributed by atoms with Crippen LogP contribution >= 0.6 is 27.3 Å². The summed E-state index contributed by atoms with van der Waals surface area (Å²) in [5.41, 5.74) is 5.31. The molecule has 1 aromatic heterocycles. The molecule has 3 N–H and O–H groups in total. The van der Waals surface area contributed by atoms with Crippen LogP contribution in [0, 0.1) is 0 Å². The molecular weight excluding hydrogens is 226 g/mol. The van der Waals surface area contributed by atoms with E-state index in [1.54, 1.807) is 11.3 Å². The fraction of sp³-hybridized carbons (Fsp3) is 0.429. The average molecular weight is 236 g/mol. The van der Waals surface area contributed by atoms with Crippen molar-refractivity contribution in [3.05, 3.63) is 20.8 Å². The highest BCUT2D eigenvalue weighted by atomic mass is 79.9. The number of halogens is 1. The number of aliphatic hydroxyl groups is 1. The van der Waals surface area contributed by atoms with Crippen molar-refractivity contribution in [1.29, 1.82) is 0 Å². The van der Waals surface area contributed by atoms with Gasteiger partial charge in [0.05, 0.1) is 6.10 Å². The van der Waals surface area contributed by atoms with E-state index in [-0.39, 0.29) is 0 Å². The molecule has 62 valence electrons. The lowest BCUT2D eigenvalue weighted by Crippen LogP contribution is -2.05. The standard InChI is InChI=1S/C7H10BrNOS/c8-5-3-7(11-4-5)6(10)1-2-9/h3-4,6,10H,1-2,9H2. The van der Waals surface area contributed by atoms with Gasteiger partial charge >= 0.3 is 0 Å². The van der Waals surface area contributed by atoms with Crippen LogP contribution in [0.3, 0.4) is 0 Å². The monoisotopic (exact) mass is 235 g/mol. The van der Waals surface area contributed by atoms with Gasteiger partial charge in [-0.15, -0.1) is 11.3 Å². The quantitative estimate of drug-likeness (QED) is 0.841. The van der Waals surface area contributed by atoms with Crippen LogP contribution in [0.25, 0.3) is 0 Å². The molecule has 0 saturated carbocycles. The Balaban J connectivity index is 2.60. The normalized spacial score (nSPS) is 13.4. The number of nitrogens with two attached hydrogens (primary N) is 1. The Hall–Kier alpha value is 0.1000. The first-order valence-electron chi connectivity index (χ1n) is 3.36. The summed E-state index contributed by atoms with van der Waals surface area (Å²) >= 11 is 4.86. The first-order chi connectivity index (χ1) is 5.24. The predicted molar refractivity (Wildman–Crippen MR) is 50.7 cm³/mol. The molecule has 11 heavy (non-hydrogen) atoms. The molecule has 1 heterocycles. The van der Waals surface area contributed by atoms with Gasteiger partial charge in [-0.3, -0.25) is 0 Å². The molecule has 1 atom stereocenters. The van der Waals surface area contributed by atoms with Gasteiger partial charge in [-0.2, -0.15) is 0 Å². The Morgan fingerprint density at radius 2 is 2.45 bits per heavy atom. The molecule has 0 fully saturated rings. The highest BCUT2D eigenvalue weighted by Crippen LogP contribution is 2.26. The van der Waals surface area contributed by atoms with E-state index < -0.39 is 6.10 Å². The molecule has 1 unspecified atom stereocenters. The van der Waals surface area contributed by atoms with E-state index in [1.807, 2.05) is 11.4 Å². The zero-order valence-electron chi connectivity index (χ0n) is 5.96. The molecule has 0 spiro atoms. The van der Waals surface area contributed by atoms with Crippen LogP contribution in [0.2, 0.25) is 0 Å². The minimum atomic E-state index is -0.392. The Labute approximate surface area is 78.2 Å². The zero-order valence-corrected chi connectivity index (χ0v) is 8.36. The second-order valence-corrected chi connectivity index (χ2v) is 4.12. The summed E-state index contributed by atoms with van der Waals surface area (Å²) in [5, 5.41) is 11.4. The third-order valence-corrected chi connectivity index (χ3v) is 3.15. The maximum Gasteiger partial charge on any atom is 0.0894 e. The van der Waals surface area contributed by atoms with Gasteiger partial charge in [0.1, 0.15) is 0 Å². The van der Waals surface area contributed by atoms with E-state index in [1.165, 1.54) is 0 Å². The molecule has 0 bridgehead atoms. The van der Waals surface area contributed by atoms with Gasteiger partial charge in [-0.1, -0.05) is 0 Å². The van der Waals surface area contributed by atoms with Crippen LogP contribution in [0.15, 0.2) is 15.9 Å². The van der Waals surface area contributed by atoms with E-state index >= 15 is 0 Å². The number of thiophene rings is 1. The number of hydrogen-bond acceptors (Lipinski definition) is 3. The molecular formula is C7H10BrNOS. The van der Waals surface area contributed by atoms with E-state index in [9.17, 15) is 5.11 Å². The van der Waals surface area contributed by atoms with Crippen LogP contribution in [0.4, 0.5) is 0 Å². The second kappa shape index (κ2) is 4.21. The third kappa shape index (κ3) is 2.56. The van der Waals surface area contributed by atoms with Crippen molar-refractivity contribution in [2.45, 2.75) is 12.5 Å². The minimum Gasteiger partial charge on any atom is -0.388 e. The van der Waals surface area contributed by atoms with Crippen LogP contribution < -0.4 is 5.73 Å². The lowest BCUT2D eigenvalue weighted by atomic mass is 10.2. The topological polar surface area (TPSA) is 46.2 Å². The summed E-state index contributed by atoms with van der Waals surface area (Å²) in [4.78, 5) is 0.974. The molecule has 4 heteroatoms. The molecule has 0 aliphatic rings. The summed E-state index contributed by atoms with van der Waals surface area (Å²) in [6.07, 6.45) is 0.240.